The minimum Gasteiger partial charge on any atom is -0.459 e. The van der Waals surface area contributed by atoms with Crippen molar-refractivity contribution >= 4 is 40.6 Å². The Morgan fingerprint density at radius 2 is 1.94 bits per heavy atom. The first-order valence-corrected chi connectivity index (χ1v) is 13.2. The van der Waals surface area contributed by atoms with E-state index in [1.54, 1.807) is 0 Å². The van der Waals surface area contributed by atoms with Gasteiger partial charge in [-0.3, -0.25) is 14.5 Å². The Bertz CT molecular complexity index is 1070. The van der Waals surface area contributed by atoms with E-state index in [0.717, 1.165) is 73.9 Å². The summed E-state index contributed by atoms with van der Waals surface area (Å²) in [5.74, 6) is 0.992. The SMILES string of the molecule is CNC1(c2c(NC=O)c(Cl)cc3cc(CN4CCN(C(=O)C5CCCO5)CC4)oc23)CCCCC1. The molecule has 0 spiro atoms. The molecule has 1 aromatic carbocycles. The number of ether oxygens (including phenoxy) is 1. The molecule has 1 atom stereocenters. The number of anilines is 1. The fourth-order valence-electron chi connectivity index (χ4n) is 6.04. The van der Waals surface area contributed by atoms with Crippen LogP contribution in [0.15, 0.2) is 16.5 Å². The van der Waals surface area contributed by atoms with Crippen LogP contribution in [0.1, 0.15) is 56.3 Å². The summed E-state index contributed by atoms with van der Waals surface area (Å²) >= 11 is 6.68. The van der Waals surface area contributed by atoms with Crippen molar-refractivity contribution in [3.63, 3.8) is 0 Å². The summed E-state index contributed by atoms with van der Waals surface area (Å²) in [5.41, 5.74) is 2.08. The van der Waals surface area contributed by atoms with Gasteiger partial charge in [0, 0.05) is 49.3 Å². The number of nitrogens with zero attached hydrogens (tertiary/aromatic N) is 2. The molecule has 2 aliphatic heterocycles. The van der Waals surface area contributed by atoms with Gasteiger partial charge >= 0.3 is 0 Å². The molecule has 3 aliphatic rings. The summed E-state index contributed by atoms with van der Waals surface area (Å²) in [6.45, 7) is 4.34. The molecule has 5 rings (SSSR count). The molecular formula is C26H35ClN4O4. The molecule has 2 amide bonds. The zero-order chi connectivity index (χ0) is 24.4. The van der Waals surface area contributed by atoms with Crippen molar-refractivity contribution in [3.05, 3.63) is 28.5 Å². The number of furan rings is 1. The molecule has 0 bridgehead atoms. The third-order valence-corrected chi connectivity index (χ3v) is 8.24. The van der Waals surface area contributed by atoms with Crippen molar-refractivity contribution in [1.82, 2.24) is 15.1 Å². The van der Waals surface area contributed by atoms with Gasteiger partial charge in [0.15, 0.2) is 0 Å². The van der Waals surface area contributed by atoms with Crippen molar-refractivity contribution in [2.75, 3.05) is 45.2 Å². The number of rotatable bonds is 7. The molecule has 190 valence electrons. The van der Waals surface area contributed by atoms with Gasteiger partial charge in [-0.1, -0.05) is 30.9 Å². The Hall–Kier alpha value is -2.13. The van der Waals surface area contributed by atoms with Crippen LogP contribution in [0.3, 0.4) is 0 Å². The van der Waals surface area contributed by atoms with E-state index in [1.807, 2.05) is 18.0 Å². The molecule has 3 heterocycles. The van der Waals surface area contributed by atoms with Crippen LogP contribution in [-0.4, -0.2) is 68.1 Å². The normalized spacial score (nSPS) is 23.0. The second kappa shape index (κ2) is 10.5. The van der Waals surface area contributed by atoms with E-state index in [9.17, 15) is 9.59 Å². The zero-order valence-electron chi connectivity index (χ0n) is 20.4. The minimum atomic E-state index is -0.295. The first kappa shape index (κ1) is 24.6. The third-order valence-electron chi connectivity index (χ3n) is 7.95. The van der Waals surface area contributed by atoms with E-state index < -0.39 is 0 Å². The molecule has 1 aromatic heterocycles. The maximum atomic E-state index is 12.7. The molecule has 2 N–H and O–H groups in total. The molecule has 2 saturated heterocycles. The van der Waals surface area contributed by atoms with Gasteiger partial charge in [-0.15, -0.1) is 0 Å². The van der Waals surface area contributed by atoms with Crippen LogP contribution in [0.25, 0.3) is 11.0 Å². The monoisotopic (exact) mass is 502 g/mol. The van der Waals surface area contributed by atoms with Crippen molar-refractivity contribution in [2.24, 2.45) is 0 Å². The maximum absolute atomic E-state index is 12.7. The highest BCUT2D eigenvalue weighted by atomic mass is 35.5. The topological polar surface area (TPSA) is 87.1 Å². The van der Waals surface area contributed by atoms with Crippen LogP contribution in [0.5, 0.6) is 0 Å². The molecule has 1 saturated carbocycles. The maximum Gasteiger partial charge on any atom is 0.251 e. The Labute approximate surface area is 211 Å². The van der Waals surface area contributed by atoms with Crippen LogP contribution in [-0.2, 0) is 26.4 Å². The van der Waals surface area contributed by atoms with Gasteiger partial charge in [0.1, 0.15) is 17.4 Å². The number of hydrogen-bond acceptors (Lipinski definition) is 6. The minimum absolute atomic E-state index is 0.130. The quantitative estimate of drug-likeness (QED) is 0.559. The fourth-order valence-corrected chi connectivity index (χ4v) is 6.31. The second-order valence-corrected chi connectivity index (χ2v) is 10.4. The van der Waals surface area contributed by atoms with E-state index >= 15 is 0 Å². The molecular weight excluding hydrogens is 468 g/mol. The molecule has 0 radical (unpaired) electrons. The number of nitrogens with one attached hydrogen (secondary N) is 2. The van der Waals surface area contributed by atoms with E-state index in [1.165, 1.54) is 6.42 Å². The zero-order valence-corrected chi connectivity index (χ0v) is 21.2. The molecule has 1 unspecified atom stereocenters. The number of piperazine rings is 1. The highest BCUT2D eigenvalue weighted by Gasteiger charge is 2.38. The highest BCUT2D eigenvalue weighted by molar-refractivity contribution is 6.34. The lowest BCUT2D eigenvalue weighted by atomic mass is 9.75. The molecule has 9 heteroatoms. The predicted molar refractivity (Wildman–Crippen MR) is 136 cm³/mol. The van der Waals surface area contributed by atoms with Gasteiger partial charge in [0.25, 0.3) is 5.91 Å². The fraction of sp³-hybridized carbons (Fsp3) is 0.615. The molecule has 8 nitrogen and oxygen atoms in total. The summed E-state index contributed by atoms with van der Waals surface area (Å²) in [5, 5.41) is 7.87. The number of halogens is 1. The van der Waals surface area contributed by atoms with Crippen LogP contribution in [0.4, 0.5) is 5.69 Å². The van der Waals surface area contributed by atoms with Gasteiger partial charge in [0.05, 0.1) is 17.3 Å². The number of carbonyl (C=O) groups excluding carboxylic acids is 2. The standard InChI is InChI=1S/C26H35ClN4O4/c1-28-26(7-3-2-4-8-26)22-23(29-17-32)20(27)15-18-14-19(35-24(18)22)16-30-9-11-31(12-10-30)25(33)21-6-5-13-34-21/h14-15,17,21,28H,2-13,16H2,1H3,(H,29,32). The molecule has 1 aliphatic carbocycles. The van der Waals surface area contributed by atoms with Gasteiger partial charge in [-0.05, 0) is 44.9 Å². The lowest BCUT2D eigenvalue weighted by Crippen LogP contribution is -2.51. The lowest BCUT2D eigenvalue weighted by molar-refractivity contribution is -0.142. The van der Waals surface area contributed by atoms with Gasteiger partial charge in [0.2, 0.25) is 6.41 Å². The lowest BCUT2D eigenvalue weighted by Gasteiger charge is -2.39. The average Bonchev–Trinajstić information content (AvgIpc) is 3.55. The third kappa shape index (κ3) is 4.81. The van der Waals surface area contributed by atoms with E-state index in [2.05, 4.69) is 21.6 Å². The highest BCUT2D eigenvalue weighted by Crippen LogP contribution is 2.47. The first-order chi connectivity index (χ1) is 17.0. The molecule has 2 aromatic rings. The van der Waals surface area contributed by atoms with Crippen molar-refractivity contribution in [1.29, 1.82) is 0 Å². The average molecular weight is 503 g/mol. The van der Waals surface area contributed by atoms with Crippen LogP contribution in [0, 0.1) is 0 Å². The Balaban J connectivity index is 1.37. The number of amides is 2. The largest absolute Gasteiger partial charge is 0.459 e. The van der Waals surface area contributed by atoms with Crippen LogP contribution in [0.2, 0.25) is 5.02 Å². The van der Waals surface area contributed by atoms with E-state index in [4.69, 9.17) is 20.8 Å². The molecule has 3 fully saturated rings. The first-order valence-electron chi connectivity index (χ1n) is 12.8. The van der Waals surface area contributed by atoms with Gasteiger partial charge in [-0.2, -0.15) is 0 Å². The predicted octanol–water partition coefficient (Wildman–Crippen LogP) is 3.86. The van der Waals surface area contributed by atoms with Crippen LogP contribution >= 0.6 is 11.6 Å². The van der Waals surface area contributed by atoms with E-state index in [-0.39, 0.29) is 17.6 Å². The number of carbonyl (C=O) groups is 2. The number of hydrogen-bond donors (Lipinski definition) is 2. The van der Waals surface area contributed by atoms with Crippen LogP contribution < -0.4 is 10.6 Å². The van der Waals surface area contributed by atoms with Crippen molar-refractivity contribution in [3.8, 4) is 0 Å². The van der Waals surface area contributed by atoms with Gasteiger partial charge < -0.3 is 24.7 Å². The van der Waals surface area contributed by atoms with Gasteiger partial charge in [-0.25, -0.2) is 0 Å². The number of fused-ring (bicyclic) bond motifs is 1. The smallest absolute Gasteiger partial charge is 0.251 e. The Morgan fingerprint density at radius 1 is 1.17 bits per heavy atom. The van der Waals surface area contributed by atoms with E-state index in [0.29, 0.717) is 43.4 Å². The van der Waals surface area contributed by atoms with Crippen molar-refractivity contribution in [2.45, 2.75) is 63.1 Å². The molecule has 35 heavy (non-hydrogen) atoms. The second-order valence-electron chi connectivity index (χ2n) is 10.00. The van der Waals surface area contributed by atoms with Crippen molar-refractivity contribution < 1.29 is 18.7 Å². The number of benzene rings is 1. The Morgan fingerprint density at radius 3 is 2.60 bits per heavy atom. The summed E-state index contributed by atoms with van der Waals surface area (Å²) in [6, 6.07) is 3.94. The summed E-state index contributed by atoms with van der Waals surface area (Å²) in [4.78, 5) is 28.4. The summed E-state index contributed by atoms with van der Waals surface area (Å²) in [7, 11) is 1.98. The summed E-state index contributed by atoms with van der Waals surface area (Å²) in [6.07, 6.45) is 7.57. The Kier molecular flexibility index (Phi) is 7.34. The summed E-state index contributed by atoms with van der Waals surface area (Å²) < 4.78 is 12.1.